The maximum Gasteiger partial charge on any atom is 0.244 e. The van der Waals surface area contributed by atoms with Crippen molar-refractivity contribution in [3.05, 3.63) is 77.6 Å². The van der Waals surface area contributed by atoms with Crippen molar-refractivity contribution in [2.45, 2.75) is 15.0 Å². The second kappa shape index (κ2) is 9.86. The van der Waals surface area contributed by atoms with Crippen LogP contribution in [0, 0.1) is 0 Å². The topological polar surface area (TPSA) is 112 Å². The fourth-order valence-corrected chi connectivity index (χ4v) is 6.12. The third-order valence-electron chi connectivity index (χ3n) is 4.69. The first kappa shape index (κ1) is 24.0. The molecule has 0 fully saturated rings. The first-order chi connectivity index (χ1) is 15.2. The quantitative estimate of drug-likeness (QED) is 0.484. The summed E-state index contributed by atoms with van der Waals surface area (Å²) in [7, 11) is -5.39. The number of methoxy groups -OCH3 is 2. The van der Waals surface area contributed by atoms with Gasteiger partial charge in [-0.3, -0.25) is 4.98 Å². The minimum atomic E-state index is -4.15. The van der Waals surface area contributed by atoms with Crippen molar-refractivity contribution < 1.29 is 26.3 Å². The summed E-state index contributed by atoms with van der Waals surface area (Å²) in [6, 6.07) is 13.1. The van der Waals surface area contributed by atoms with Crippen LogP contribution in [-0.2, 0) is 19.9 Å². The van der Waals surface area contributed by atoms with E-state index in [2.05, 4.69) is 9.71 Å². The highest BCUT2D eigenvalue weighted by molar-refractivity contribution is 7.92. The zero-order valence-electron chi connectivity index (χ0n) is 17.2. The van der Waals surface area contributed by atoms with Gasteiger partial charge in [0.1, 0.15) is 21.6 Å². The molecule has 11 heteroatoms. The Bertz CT molecular complexity index is 1280. The Morgan fingerprint density at radius 3 is 2.31 bits per heavy atom. The van der Waals surface area contributed by atoms with E-state index >= 15 is 0 Å². The number of benzene rings is 2. The molecule has 0 amide bonds. The Balaban J connectivity index is 1.99. The molecule has 0 spiro atoms. The number of halogens is 1. The number of nitrogens with zero attached hydrogens (tertiary/aromatic N) is 1. The van der Waals surface area contributed by atoms with E-state index in [4.69, 9.17) is 21.1 Å². The lowest BCUT2D eigenvalue weighted by Gasteiger charge is -2.19. The monoisotopic (exact) mass is 496 g/mol. The molecule has 0 saturated carbocycles. The molecule has 3 rings (SSSR count). The standard InChI is InChI=1S/C21H21ClN2O6S2/c1-29-17-7-10-19(30-2)20(12-17)32(27,28)24-14-21(15-4-3-11-23-13-15)31(25,26)18-8-5-16(22)6-9-18/h3-13,21,24H,14H2,1-2H3. The van der Waals surface area contributed by atoms with Gasteiger partial charge in [-0.25, -0.2) is 21.6 Å². The Morgan fingerprint density at radius 1 is 1.00 bits per heavy atom. The van der Waals surface area contributed by atoms with E-state index in [0.29, 0.717) is 16.3 Å². The van der Waals surface area contributed by atoms with Crippen LogP contribution < -0.4 is 14.2 Å². The molecule has 0 aliphatic heterocycles. The predicted molar refractivity (Wildman–Crippen MR) is 120 cm³/mol. The van der Waals surface area contributed by atoms with Gasteiger partial charge in [-0.2, -0.15) is 0 Å². The fourth-order valence-electron chi connectivity index (χ4n) is 3.02. The van der Waals surface area contributed by atoms with Gasteiger partial charge in [0.2, 0.25) is 10.0 Å². The molecule has 170 valence electrons. The summed E-state index contributed by atoms with van der Waals surface area (Å²) in [4.78, 5) is 3.82. The summed E-state index contributed by atoms with van der Waals surface area (Å²) in [5.74, 6) is 0.403. The largest absolute Gasteiger partial charge is 0.497 e. The van der Waals surface area contributed by atoms with Crippen molar-refractivity contribution in [3.8, 4) is 11.5 Å². The molecular weight excluding hydrogens is 476 g/mol. The number of hydrogen-bond acceptors (Lipinski definition) is 7. The number of rotatable bonds is 9. The van der Waals surface area contributed by atoms with Crippen LogP contribution in [0.4, 0.5) is 0 Å². The van der Waals surface area contributed by atoms with E-state index < -0.39 is 31.7 Å². The van der Waals surface area contributed by atoms with Crippen LogP contribution in [0.15, 0.2) is 76.8 Å². The van der Waals surface area contributed by atoms with Gasteiger partial charge in [-0.1, -0.05) is 17.7 Å². The fraction of sp³-hybridized carbons (Fsp3) is 0.190. The number of aromatic nitrogens is 1. The van der Waals surface area contributed by atoms with Crippen molar-refractivity contribution in [2.75, 3.05) is 20.8 Å². The number of sulfonamides is 1. The molecule has 1 heterocycles. The van der Waals surface area contributed by atoms with Crippen molar-refractivity contribution in [2.24, 2.45) is 0 Å². The van der Waals surface area contributed by atoms with Gasteiger partial charge >= 0.3 is 0 Å². The predicted octanol–water partition coefficient (Wildman–Crippen LogP) is 3.25. The lowest BCUT2D eigenvalue weighted by atomic mass is 10.2. The van der Waals surface area contributed by atoms with Gasteiger partial charge in [0.15, 0.2) is 9.84 Å². The van der Waals surface area contributed by atoms with Gasteiger partial charge < -0.3 is 9.47 Å². The Morgan fingerprint density at radius 2 is 1.72 bits per heavy atom. The number of pyridine rings is 1. The van der Waals surface area contributed by atoms with Crippen molar-refractivity contribution in [1.82, 2.24) is 9.71 Å². The van der Waals surface area contributed by atoms with Crippen molar-refractivity contribution in [1.29, 1.82) is 0 Å². The highest BCUT2D eigenvalue weighted by Crippen LogP contribution is 2.31. The molecule has 0 saturated heterocycles. The molecule has 1 unspecified atom stereocenters. The smallest absolute Gasteiger partial charge is 0.244 e. The van der Waals surface area contributed by atoms with Crippen LogP contribution in [0.2, 0.25) is 5.02 Å². The van der Waals surface area contributed by atoms with Crippen molar-refractivity contribution in [3.63, 3.8) is 0 Å². The minimum Gasteiger partial charge on any atom is -0.497 e. The van der Waals surface area contributed by atoms with E-state index in [-0.39, 0.29) is 15.5 Å². The molecule has 32 heavy (non-hydrogen) atoms. The summed E-state index contributed by atoms with van der Waals surface area (Å²) in [5.41, 5.74) is 0.336. The van der Waals surface area contributed by atoms with Crippen LogP contribution in [0.5, 0.6) is 11.5 Å². The van der Waals surface area contributed by atoms with Crippen LogP contribution in [-0.4, -0.2) is 42.6 Å². The van der Waals surface area contributed by atoms with Gasteiger partial charge in [-0.15, -0.1) is 0 Å². The summed E-state index contributed by atoms with van der Waals surface area (Å²) in [6.45, 7) is -0.431. The third kappa shape index (κ3) is 5.21. The molecule has 2 aromatic carbocycles. The zero-order chi connectivity index (χ0) is 23.4. The second-order valence-electron chi connectivity index (χ2n) is 6.64. The third-order valence-corrected chi connectivity index (χ3v) is 8.51. The second-order valence-corrected chi connectivity index (χ2v) is 10.9. The average Bonchev–Trinajstić information content (AvgIpc) is 2.79. The maximum absolute atomic E-state index is 13.4. The molecule has 1 aromatic heterocycles. The molecule has 1 N–H and O–H groups in total. The molecule has 0 aliphatic carbocycles. The Labute approximate surface area is 192 Å². The lowest BCUT2D eigenvalue weighted by molar-refractivity contribution is 0.392. The number of hydrogen-bond donors (Lipinski definition) is 1. The zero-order valence-corrected chi connectivity index (χ0v) is 19.6. The van der Waals surface area contributed by atoms with E-state index in [0.717, 1.165) is 0 Å². The summed E-state index contributed by atoms with van der Waals surface area (Å²) < 4.78 is 65.5. The summed E-state index contributed by atoms with van der Waals surface area (Å²) in [5, 5.41) is -0.851. The van der Waals surface area contributed by atoms with Crippen molar-refractivity contribution >= 4 is 31.5 Å². The number of nitrogens with one attached hydrogen (secondary N) is 1. The molecule has 8 nitrogen and oxygen atoms in total. The van der Waals surface area contributed by atoms with E-state index in [1.807, 2.05) is 0 Å². The minimum absolute atomic E-state index is 0.00825. The van der Waals surface area contributed by atoms with E-state index in [1.54, 1.807) is 18.2 Å². The molecule has 0 radical (unpaired) electrons. The number of ether oxygens (including phenoxy) is 2. The van der Waals surface area contributed by atoms with E-state index in [9.17, 15) is 16.8 Å². The van der Waals surface area contributed by atoms with Gasteiger partial charge in [0.25, 0.3) is 0 Å². The average molecular weight is 497 g/mol. The highest BCUT2D eigenvalue weighted by Gasteiger charge is 2.32. The molecular formula is C21H21ClN2O6S2. The van der Waals surface area contributed by atoms with Crippen LogP contribution >= 0.6 is 11.6 Å². The molecule has 0 aliphatic rings. The Hall–Kier alpha value is -2.66. The van der Waals surface area contributed by atoms with E-state index in [1.165, 1.54) is 63.0 Å². The molecule has 0 bridgehead atoms. The SMILES string of the molecule is COc1ccc(OC)c(S(=O)(=O)NCC(c2cccnc2)S(=O)(=O)c2ccc(Cl)cc2)c1. The highest BCUT2D eigenvalue weighted by atomic mass is 35.5. The van der Waals surface area contributed by atoms with Crippen LogP contribution in [0.3, 0.4) is 0 Å². The normalized spacial score (nSPS) is 12.8. The first-order valence-corrected chi connectivity index (χ1v) is 12.7. The van der Waals surface area contributed by atoms with Gasteiger partial charge in [-0.05, 0) is 48.0 Å². The van der Waals surface area contributed by atoms with Crippen LogP contribution in [0.1, 0.15) is 10.8 Å². The Kier molecular flexibility index (Phi) is 7.40. The van der Waals surface area contributed by atoms with Crippen LogP contribution in [0.25, 0.3) is 0 Å². The van der Waals surface area contributed by atoms with Gasteiger partial charge in [0.05, 0.1) is 19.1 Å². The first-order valence-electron chi connectivity index (χ1n) is 9.30. The summed E-state index contributed by atoms with van der Waals surface area (Å²) >= 11 is 5.88. The molecule has 1 atom stereocenters. The lowest BCUT2D eigenvalue weighted by Crippen LogP contribution is -2.32. The van der Waals surface area contributed by atoms with Gasteiger partial charge in [0, 0.05) is 30.0 Å². The molecule has 3 aromatic rings. The maximum atomic E-state index is 13.4. The summed E-state index contributed by atoms with van der Waals surface area (Å²) in [6.07, 6.45) is 2.89. The number of sulfone groups is 1.